The smallest absolute Gasteiger partial charge is 0.234 e. The second kappa shape index (κ2) is 9.75. The number of hydrogen-bond donors (Lipinski definition) is 2. The number of carbonyl (C=O) groups excluding carboxylic acids is 1. The van der Waals surface area contributed by atoms with Gasteiger partial charge in [0.15, 0.2) is 5.17 Å². The van der Waals surface area contributed by atoms with Crippen LogP contribution in [-0.4, -0.2) is 55.0 Å². The predicted octanol–water partition coefficient (Wildman–Crippen LogP) is 2.49. The number of amides is 1. The maximum atomic E-state index is 12.5. The minimum atomic E-state index is -0.00235. The van der Waals surface area contributed by atoms with Crippen molar-refractivity contribution in [3.05, 3.63) is 59.7 Å². The SMILES string of the molecule is Cc1ccc(NC(=O)CSC(=Nc2ccccc2)N2CC[NH+](C)CC2)c(C)c1. The molecule has 0 spiro atoms. The fraction of sp³-hybridized carbons (Fsp3) is 0.364. The Morgan fingerprint density at radius 2 is 1.86 bits per heavy atom. The van der Waals surface area contributed by atoms with E-state index in [9.17, 15) is 4.79 Å². The van der Waals surface area contributed by atoms with Gasteiger partial charge in [-0.25, -0.2) is 4.99 Å². The number of amidine groups is 1. The van der Waals surface area contributed by atoms with E-state index in [0.717, 1.165) is 48.3 Å². The quantitative estimate of drug-likeness (QED) is 0.616. The van der Waals surface area contributed by atoms with E-state index in [1.165, 1.54) is 22.2 Å². The second-order valence-corrected chi connectivity index (χ2v) is 8.27. The first-order valence-electron chi connectivity index (χ1n) is 9.71. The molecule has 0 bridgehead atoms. The molecule has 5 nitrogen and oxygen atoms in total. The van der Waals surface area contributed by atoms with Crippen LogP contribution in [0.1, 0.15) is 11.1 Å². The normalized spacial score (nSPS) is 15.5. The lowest BCUT2D eigenvalue weighted by atomic mass is 10.1. The highest BCUT2D eigenvalue weighted by Crippen LogP contribution is 2.19. The summed E-state index contributed by atoms with van der Waals surface area (Å²) < 4.78 is 0. The molecule has 1 aliphatic heterocycles. The fourth-order valence-electron chi connectivity index (χ4n) is 3.16. The van der Waals surface area contributed by atoms with Gasteiger partial charge in [-0.3, -0.25) is 4.79 Å². The summed E-state index contributed by atoms with van der Waals surface area (Å²) in [4.78, 5) is 21.2. The van der Waals surface area contributed by atoms with Gasteiger partial charge in [0, 0.05) is 5.69 Å². The van der Waals surface area contributed by atoms with Crippen molar-refractivity contribution in [2.75, 3.05) is 44.3 Å². The molecule has 1 heterocycles. The highest BCUT2D eigenvalue weighted by atomic mass is 32.2. The van der Waals surface area contributed by atoms with Crippen molar-refractivity contribution < 1.29 is 9.69 Å². The van der Waals surface area contributed by atoms with Crippen molar-refractivity contribution in [2.24, 2.45) is 4.99 Å². The van der Waals surface area contributed by atoms with E-state index in [1.54, 1.807) is 0 Å². The molecule has 0 aliphatic carbocycles. The summed E-state index contributed by atoms with van der Waals surface area (Å²) >= 11 is 1.52. The number of hydrogen-bond acceptors (Lipinski definition) is 3. The van der Waals surface area contributed by atoms with Crippen LogP contribution in [0.3, 0.4) is 0 Å². The third kappa shape index (κ3) is 5.84. The number of quaternary nitrogens is 1. The molecule has 1 fully saturated rings. The van der Waals surface area contributed by atoms with E-state index in [-0.39, 0.29) is 5.91 Å². The zero-order valence-electron chi connectivity index (χ0n) is 16.9. The number of benzene rings is 2. The Balaban J connectivity index is 1.67. The lowest BCUT2D eigenvalue weighted by Crippen LogP contribution is -3.12. The Morgan fingerprint density at radius 1 is 1.14 bits per heavy atom. The van der Waals surface area contributed by atoms with Crippen molar-refractivity contribution >= 4 is 34.2 Å². The number of nitrogens with one attached hydrogen (secondary N) is 2. The molecule has 1 aliphatic rings. The summed E-state index contributed by atoms with van der Waals surface area (Å²) in [6.45, 7) is 8.17. The molecule has 0 aromatic heterocycles. The number of likely N-dealkylation sites (N-methyl/N-ethyl adjacent to an activating group) is 1. The van der Waals surface area contributed by atoms with E-state index >= 15 is 0 Å². The summed E-state index contributed by atoms with van der Waals surface area (Å²) in [6.07, 6.45) is 0. The molecule has 2 aromatic carbocycles. The van der Waals surface area contributed by atoms with Gasteiger partial charge in [-0.1, -0.05) is 47.7 Å². The van der Waals surface area contributed by atoms with Gasteiger partial charge >= 0.3 is 0 Å². The van der Waals surface area contributed by atoms with Gasteiger partial charge in [-0.2, -0.15) is 0 Å². The molecule has 1 amide bonds. The van der Waals surface area contributed by atoms with Crippen LogP contribution in [0.4, 0.5) is 11.4 Å². The maximum Gasteiger partial charge on any atom is 0.234 e. The van der Waals surface area contributed by atoms with Crippen molar-refractivity contribution in [1.82, 2.24) is 4.90 Å². The molecular formula is C22H29N4OS+. The van der Waals surface area contributed by atoms with Crippen LogP contribution in [0.2, 0.25) is 0 Å². The second-order valence-electron chi connectivity index (χ2n) is 7.33. The number of piperazine rings is 1. The van der Waals surface area contributed by atoms with Crippen molar-refractivity contribution in [2.45, 2.75) is 13.8 Å². The van der Waals surface area contributed by atoms with E-state index in [4.69, 9.17) is 4.99 Å². The van der Waals surface area contributed by atoms with Gasteiger partial charge < -0.3 is 15.1 Å². The highest BCUT2D eigenvalue weighted by molar-refractivity contribution is 8.14. The molecule has 0 atom stereocenters. The van der Waals surface area contributed by atoms with Crippen molar-refractivity contribution in [3.63, 3.8) is 0 Å². The zero-order chi connectivity index (χ0) is 19.9. The van der Waals surface area contributed by atoms with Crippen molar-refractivity contribution in [1.29, 1.82) is 0 Å². The van der Waals surface area contributed by atoms with Gasteiger partial charge in [0.25, 0.3) is 0 Å². The summed E-state index contributed by atoms with van der Waals surface area (Å²) in [5.41, 5.74) is 4.07. The molecule has 2 N–H and O–H groups in total. The average Bonchev–Trinajstić information content (AvgIpc) is 2.69. The summed E-state index contributed by atoms with van der Waals surface area (Å²) in [6, 6.07) is 16.0. The molecule has 0 saturated carbocycles. The largest absolute Gasteiger partial charge is 0.340 e. The van der Waals surface area contributed by atoms with Gasteiger partial charge in [-0.15, -0.1) is 0 Å². The molecule has 0 unspecified atom stereocenters. The monoisotopic (exact) mass is 397 g/mol. The van der Waals surface area contributed by atoms with Crippen LogP contribution in [0, 0.1) is 13.8 Å². The first-order chi connectivity index (χ1) is 13.5. The van der Waals surface area contributed by atoms with Crippen LogP contribution in [0.15, 0.2) is 53.5 Å². The number of nitrogens with zero attached hydrogens (tertiary/aromatic N) is 2. The van der Waals surface area contributed by atoms with E-state index < -0.39 is 0 Å². The number of rotatable bonds is 4. The first kappa shape index (κ1) is 20.4. The third-order valence-electron chi connectivity index (χ3n) is 4.86. The Labute approximate surface area is 171 Å². The first-order valence-corrected chi connectivity index (χ1v) is 10.7. The molecule has 2 aromatic rings. The van der Waals surface area contributed by atoms with Crippen LogP contribution in [-0.2, 0) is 4.79 Å². The zero-order valence-corrected chi connectivity index (χ0v) is 17.7. The van der Waals surface area contributed by atoms with Gasteiger partial charge in [-0.05, 0) is 37.6 Å². The maximum absolute atomic E-state index is 12.5. The Kier molecular flexibility index (Phi) is 7.12. The molecular weight excluding hydrogens is 368 g/mol. The molecule has 28 heavy (non-hydrogen) atoms. The molecule has 0 radical (unpaired) electrons. The van der Waals surface area contributed by atoms with E-state index in [0.29, 0.717) is 5.75 Å². The average molecular weight is 398 g/mol. The number of aliphatic imine (C=N–C) groups is 1. The number of para-hydroxylation sites is 1. The Morgan fingerprint density at radius 3 is 2.54 bits per heavy atom. The third-order valence-corrected chi connectivity index (χ3v) is 5.87. The van der Waals surface area contributed by atoms with Crippen molar-refractivity contribution in [3.8, 4) is 0 Å². The topological polar surface area (TPSA) is 49.1 Å². The molecule has 1 saturated heterocycles. The summed E-state index contributed by atoms with van der Waals surface area (Å²) in [5, 5.41) is 3.95. The summed E-state index contributed by atoms with van der Waals surface area (Å²) in [7, 11) is 2.22. The van der Waals surface area contributed by atoms with Crippen LogP contribution in [0.5, 0.6) is 0 Å². The fourth-order valence-corrected chi connectivity index (χ4v) is 4.02. The predicted molar refractivity (Wildman–Crippen MR) is 119 cm³/mol. The number of thioether (sulfide) groups is 1. The minimum absolute atomic E-state index is 0.00235. The van der Waals surface area contributed by atoms with Gasteiger partial charge in [0.2, 0.25) is 5.91 Å². The Bertz CT molecular complexity index is 830. The van der Waals surface area contributed by atoms with Crippen LogP contribution in [0.25, 0.3) is 0 Å². The Hall–Kier alpha value is -2.31. The highest BCUT2D eigenvalue weighted by Gasteiger charge is 2.21. The standard InChI is InChI=1S/C22H28N4OS/c1-17-9-10-20(18(2)15-17)24-21(27)16-28-22(23-19-7-5-4-6-8-19)26-13-11-25(3)12-14-26/h4-10,15H,11-14,16H2,1-3H3,(H,24,27)/p+1. The lowest BCUT2D eigenvalue weighted by molar-refractivity contribution is -0.883. The number of aryl methyl sites for hydroxylation is 2. The van der Waals surface area contributed by atoms with Crippen LogP contribution >= 0.6 is 11.8 Å². The number of carbonyl (C=O) groups is 1. The molecule has 3 rings (SSSR count). The van der Waals surface area contributed by atoms with E-state index in [2.05, 4.69) is 30.3 Å². The number of anilines is 1. The molecule has 148 valence electrons. The lowest BCUT2D eigenvalue weighted by Gasteiger charge is -2.32. The minimum Gasteiger partial charge on any atom is -0.340 e. The molecule has 6 heteroatoms. The van der Waals surface area contributed by atoms with Gasteiger partial charge in [0.1, 0.15) is 0 Å². The summed E-state index contributed by atoms with van der Waals surface area (Å²) in [5.74, 6) is 0.343. The van der Waals surface area contributed by atoms with Crippen LogP contribution < -0.4 is 10.2 Å². The van der Waals surface area contributed by atoms with E-state index in [1.807, 2.05) is 49.4 Å². The van der Waals surface area contributed by atoms with Gasteiger partial charge in [0.05, 0.1) is 44.7 Å².